The predicted octanol–water partition coefficient (Wildman–Crippen LogP) is 3.97. The molecule has 0 aromatic heterocycles. The first kappa shape index (κ1) is 24.8. The van der Waals surface area contributed by atoms with E-state index >= 15 is 0 Å². The molecule has 0 radical (unpaired) electrons. The van der Waals surface area contributed by atoms with E-state index in [2.05, 4.69) is 0 Å². The third kappa shape index (κ3) is 2.84. The molecule has 0 aromatic rings. The van der Waals surface area contributed by atoms with Crippen LogP contribution in [0.25, 0.3) is 0 Å². The molecule has 0 unspecified atom stereocenters. The first-order chi connectivity index (χ1) is 10.8. The Kier molecular flexibility index (Phi) is 5.39. The van der Waals surface area contributed by atoms with Gasteiger partial charge in [0.05, 0.1) is 0 Å². The average molecular weight is 434 g/mol. The summed E-state index contributed by atoms with van der Waals surface area (Å²) >= 11 is 0. The molecule has 26 heavy (non-hydrogen) atoms. The summed E-state index contributed by atoms with van der Waals surface area (Å²) in [5, 5.41) is 16.2. The van der Waals surface area contributed by atoms with Gasteiger partial charge < -0.3 is 10.2 Å². The number of alkyl halides is 16. The Morgan fingerprint density at radius 1 is 0.308 bits per heavy atom. The molecule has 0 spiro atoms. The second-order valence-electron chi connectivity index (χ2n) is 4.56. The van der Waals surface area contributed by atoms with E-state index in [1.165, 1.54) is 0 Å². The topological polar surface area (TPSA) is 40.5 Å². The van der Waals surface area contributed by atoms with Gasteiger partial charge in [0.1, 0.15) is 0 Å². The highest BCUT2D eigenvalue weighted by Gasteiger charge is 2.97. The van der Waals surface area contributed by atoms with Crippen molar-refractivity contribution in [3.63, 3.8) is 0 Å². The SMILES string of the molecule is OC(C(F)(F)F)(C(F)(F)F)C(F)(F)C(F)(F)C(O)(C(F)(F)F)C(F)(F)F. The van der Waals surface area contributed by atoms with Gasteiger partial charge in [0, 0.05) is 0 Å². The van der Waals surface area contributed by atoms with E-state index in [-0.39, 0.29) is 0 Å². The quantitative estimate of drug-likeness (QED) is 0.661. The summed E-state index contributed by atoms with van der Waals surface area (Å²) in [5.74, 6) is -17.2. The third-order valence-corrected chi connectivity index (χ3v) is 2.94. The van der Waals surface area contributed by atoms with E-state index in [0.717, 1.165) is 0 Å². The van der Waals surface area contributed by atoms with Crippen molar-refractivity contribution in [1.82, 2.24) is 0 Å². The summed E-state index contributed by atoms with van der Waals surface area (Å²) in [6.45, 7) is 0. The zero-order valence-electron chi connectivity index (χ0n) is 10.9. The minimum atomic E-state index is -8.60. The molecule has 0 saturated carbocycles. The molecule has 158 valence electrons. The fourth-order valence-electron chi connectivity index (χ4n) is 1.49. The molecule has 0 bridgehead atoms. The Bertz CT molecular complexity index is 442. The maximum Gasteiger partial charge on any atom is 0.432 e. The highest BCUT2D eigenvalue weighted by atomic mass is 19.4. The van der Waals surface area contributed by atoms with Crippen molar-refractivity contribution >= 4 is 0 Å². The highest BCUT2D eigenvalue weighted by molar-refractivity contribution is 5.19. The average Bonchev–Trinajstić information content (AvgIpc) is 2.30. The zero-order valence-corrected chi connectivity index (χ0v) is 10.9. The number of hydrogen-bond donors (Lipinski definition) is 2. The van der Waals surface area contributed by atoms with Crippen LogP contribution in [-0.2, 0) is 0 Å². The molecule has 0 aromatic carbocycles. The van der Waals surface area contributed by atoms with Crippen LogP contribution in [0.2, 0.25) is 0 Å². The molecule has 0 heterocycles. The van der Waals surface area contributed by atoms with Gasteiger partial charge in [-0.3, -0.25) is 0 Å². The molecule has 2 N–H and O–H groups in total. The molecule has 0 aliphatic rings. The summed E-state index contributed by atoms with van der Waals surface area (Å²) in [6.07, 6.45) is -31.8. The summed E-state index contributed by atoms with van der Waals surface area (Å²) in [6, 6.07) is 0. The van der Waals surface area contributed by atoms with Crippen molar-refractivity contribution in [1.29, 1.82) is 0 Å². The lowest BCUT2D eigenvalue weighted by Gasteiger charge is -2.46. The van der Waals surface area contributed by atoms with Crippen LogP contribution >= 0.6 is 0 Å². The third-order valence-electron chi connectivity index (χ3n) is 2.94. The second-order valence-corrected chi connectivity index (χ2v) is 4.56. The lowest BCUT2D eigenvalue weighted by Crippen LogP contribution is -2.81. The van der Waals surface area contributed by atoms with Crippen LogP contribution in [0.4, 0.5) is 70.2 Å². The van der Waals surface area contributed by atoms with Gasteiger partial charge >= 0.3 is 47.8 Å². The largest absolute Gasteiger partial charge is 0.432 e. The molecule has 0 saturated heterocycles. The molecular formula is C8H2F16O2. The van der Waals surface area contributed by atoms with Crippen LogP contribution in [0.15, 0.2) is 0 Å². The summed E-state index contributed by atoms with van der Waals surface area (Å²) < 4.78 is 199. The van der Waals surface area contributed by atoms with E-state index < -0.39 is 47.8 Å². The molecular weight excluding hydrogens is 432 g/mol. The molecule has 0 aliphatic heterocycles. The van der Waals surface area contributed by atoms with Gasteiger partial charge in [-0.25, -0.2) is 0 Å². The Morgan fingerprint density at radius 3 is 0.500 bits per heavy atom. The molecule has 0 rings (SSSR count). The van der Waals surface area contributed by atoms with Crippen LogP contribution in [0, 0.1) is 0 Å². The summed E-state index contributed by atoms with van der Waals surface area (Å²) in [4.78, 5) is 0. The van der Waals surface area contributed by atoms with Crippen molar-refractivity contribution < 1.29 is 80.5 Å². The summed E-state index contributed by atoms with van der Waals surface area (Å²) in [7, 11) is 0. The van der Waals surface area contributed by atoms with Gasteiger partial charge in [-0.15, -0.1) is 0 Å². The van der Waals surface area contributed by atoms with Gasteiger partial charge in [-0.2, -0.15) is 70.2 Å². The van der Waals surface area contributed by atoms with Gasteiger partial charge in [-0.05, 0) is 0 Å². The van der Waals surface area contributed by atoms with Gasteiger partial charge in [0.25, 0.3) is 0 Å². The molecule has 0 amide bonds. The van der Waals surface area contributed by atoms with Gasteiger partial charge in [0.15, 0.2) is 0 Å². The fourth-order valence-corrected chi connectivity index (χ4v) is 1.49. The van der Waals surface area contributed by atoms with Crippen molar-refractivity contribution in [2.45, 2.75) is 47.8 Å². The lowest BCUT2D eigenvalue weighted by molar-refractivity contribution is -0.499. The second kappa shape index (κ2) is 5.65. The van der Waals surface area contributed by atoms with Crippen molar-refractivity contribution in [3.8, 4) is 0 Å². The Labute approximate surface area is 130 Å². The Hall–Kier alpha value is -1.20. The maximum absolute atomic E-state index is 13.2. The van der Waals surface area contributed by atoms with Crippen LogP contribution < -0.4 is 0 Å². The number of halogens is 16. The zero-order chi connectivity index (χ0) is 22.0. The van der Waals surface area contributed by atoms with Crippen LogP contribution in [0.1, 0.15) is 0 Å². The number of hydrogen-bond acceptors (Lipinski definition) is 2. The van der Waals surface area contributed by atoms with Crippen LogP contribution in [0.5, 0.6) is 0 Å². The highest BCUT2D eigenvalue weighted by Crippen LogP contribution is 2.63. The number of rotatable bonds is 3. The van der Waals surface area contributed by atoms with Gasteiger partial charge in [-0.1, -0.05) is 0 Å². The Balaban J connectivity index is 7.12. The Morgan fingerprint density at radius 2 is 0.423 bits per heavy atom. The van der Waals surface area contributed by atoms with Crippen LogP contribution in [-0.4, -0.2) is 58.0 Å². The van der Waals surface area contributed by atoms with Crippen LogP contribution in [0.3, 0.4) is 0 Å². The fraction of sp³-hybridized carbons (Fsp3) is 1.00. The first-order valence-electron chi connectivity index (χ1n) is 5.22. The first-order valence-corrected chi connectivity index (χ1v) is 5.22. The lowest BCUT2D eigenvalue weighted by atomic mass is 9.79. The minimum absolute atomic E-state index is 7.95. The summed E-state index contributed by atoms with van der Waals surface area (Å²) in [5.41, 5.74) is -16.2. The van der Waals surface area contributed by atoms with E-state index in [1.54, 1.807) is 0 Å². The maximum atomic E-state index is 13.2. The molecule has 0 aliphatic carbocycles. The van der Waals surface area contributed by atoms with Crippen molar-refractivity contribution in [2.24, 2.45) is 0 Å². The minimum Gasteiger partial charge on any atom is -0.369 e. The van der Waals surface area contributed by atoms with E-state index in [0.29, 0.717) is 0 Å². The smallest absolute Gasteiger partial charge is 0.369 e. The molecule has 2 nitrogen and oxygen atoms in total. The molecule has 0 fully saturated rings. The van der Waals surface area contributed by atoms with E-state index in [1.807, 2.05) is 0 Å². The molecule has 0 atom stereocenters. The number of aliphatic hydroxyl groups is 2. The molecule has 18 heteroatoms. The standard InChI is InChI=1S/C8H2F16O2/c9-3(10,1(25,5(13,14)15)6(16,17)18)4(11,12)2(26,7(19,20)21)8(22,23)24/h25-26H. The predicted molar refractivity (Wildman–Crippen MR) is 44.0 cm³/mol. The van der Waals surface area contributed by atoms with Crippen molar-refractivity contribution in [3.05, 3.63) is 0 Å². The van der Waals surface area contributed by atoms with E-state index in [9.17, 15) is 70.2 Å². The monoisotopic (exact) mass is 434 g/mol. The van der Waals surface area contributed by atoms with Crippen molar-refractivity contribution in [2.75, 3.05) is 0 Å². The van der Waals surface area contributed by atoms with E-state index in [4.69, 9.17) is 10.2 Å². The van der Waals surface area contributed by atoms with Gasteiger partial charge in [0.2, 0.25) is 0 Å². The normalized spacial score (nSPS) is 16.8.